The van der Waals surface area contributed by atoms with Gasteiger partial charge in [-0.05, 0) is 0 Å². The zero-order valence-electron chi connectivity index (χ0n) is 11.1. The number of amides is 4. The zero-order chi connectivity index (χ0) is 15.4. The quantitative estimate of drug-likeness (QED) is 0.518. The van der Waals surface area contributed by atoms with E-state index in [1.165, 1.54) is 4.90 Å². The lowest BCUT2D eigenvalue weighted by atomic mass is 9.87. The van der Waals surface area contributed by atoms with Crippen molar-refractivity contribution in [1.29, 1.82) is 0 Å². The number of carboxylic acid groups (broad SMARTS) is 1. The van der Waals surface area contributed by atoms with E-state index in [1.54, 1.807) is 6.92 Å². The number of carbonyl (C=O) groups is 4. The van der Waals surface area contributed by atoms with Gasteiger partial charge in [-0.15, -0.1) is 0 Å². The van der Waals surface area contributed by atoms with Crippen molar-refractivity contribution in [2.45, 2.75) is 6.92 Å². The Labute approximate surface area is 115 Å². The fourth-order valence-electron chi connectivity index (χ4n) is 1.95. The summed E-state index contributed by atoms with van der Waals surface area (Å²) < 4.78 is 0. The molecule has 1 aliphatic rings. The fraction of sp³-hybridized carbons (Fsp3) is 0.636. The lowest BCUT2D eigenvalue weighted by molar-refractivity contribution is -0.144. The van der Waals surface area contributed by atoms with Gasteiger partial charge in [-0.25, -0.2) is 4.79 Å². The van der Waals surface area contributed by atoms with E-state index in [4.69, 9.17) is 16.6 Å². The first kappa shape index (κ1) is 15.7. The number of nitrogens with two attached hydrogens (primary N) is 2. The standard InChI is InChI=1S/C11H18N4O5/c1-6(10(18)19)7-2-14(3-7)11(20)15(4-8(12)16)5-9(13)17/h6-7H,2-5H2,1H3,(H2,12,16)(H2,13,17)(H,18,19). The highest BCUT2D eigenvalue weighted by atomic mass is 16.4. The largest absolute Gasteiger partial charge is 0.481 e. The summed E-state index contributed by atoms with van der Waals surface area (Å²) in [5.41, 5.74) is 10.0. The highest BCUT2D eigenvalue weighted by molar-refractivity contribution is 5.87. The lowest BCUT2D eigenvalue weighted by Gasteiger charge is -2.43. The van der Waals surface area contributed by atoms with Crippen LogP contribution in [0.4, 0.5) is 4.79 Å². The van der Waals surface area contributed by atoms with Crippen molar-refractivity contribution in [3.05, 3.63) is 0 Å². The third-order valence-electron chi connectivity index (χ3n) is 3.24. The van der Waals surface area contributed by atoms with Gasteiger partial charge < -0.3 is 26.4 Å². The number of likely N-dealkylation sites (tertiary alicyclic amines) is 1. The Balaban J connectivity index is 2.58. The van der Waals surface area contributed by atoms with Gasteiger partial charge in [0.2, 0.25) is 11.8 Å². The van der Waals surface area contributed by atoms with Gasteiger partial charge in [0, 0.05) is 19.0 Å². The van der Waals surface area contributed by atoms with Crippen molar-refractivity contribution < 1.29 is 24.3 Å². The van der Waals surface area contributed by atoms with E-state index in [-0.39, 0.29) is 19.0 Å². The second-order valence-electron chi connectivity index (χ2n) is 4.86. The van der Waals surface area contributed by atoms with Gasteiger partial charge in [0.25, 0.3) is 0 Å². The molecule has 0 bridgehead atoms. The second-order valence-corrected chi connectivity index (χ2v) is 4.86. The molecule has 1 rings (SSSR count). The molecule has 1 unspecified atom stereocenters. The van der Waals surface area contributed by atoms with E-state index >= 15 is 0 Å². The van der Waals surface area contributed by atoms with Gasteiger partial charge in [-0.3, -0.25) is 14.4 Å². The summed E-state index contributed by atoms with van der Waals surface area (Å²) in [6.07, 6.45) is 0. The van der Waals surface area contributed by atoms with Gasteiger partial charge in [0.15, 0.2) is 0 Å². The molecule has 1 aliphatic heterocycles. The molecule has 0 aliphatic carbocycles. The fourth-order valence-corrected chi connectivity index (χ4v) is 1.95. The minimum atomic E-state index is -0.923. The maximum Gasteiger partial charge on any atom is 0.320 e. The number of carboxylic acids is 1. The van der Waals surface area contributed by atoms with Crippen molar-refractivity contribution in [3.8, 4) is 0 Å². The van der Waals surface area contributed by atoms with Crippen LogP contribution in [0, 0.1) is 11.8 Å². The number of urea groups is 1. The first-order valence-electron chi connectivity index (χ1n) is 6.05. The van der Waals surface area contributed by atoms with Crippen molar-refractivity contribution in [3.63, 3.8) is 0 Å². The molecule has 1 heterocycles. The van der Waals surface area contributed by atoms with Crippen molar-refractivity contribution >= 4 is 23.8 Å². The molecule has 0 spiro atoms. The Kier molecular flexibility index (Phi) is 4.89. The molecule has 0 radical (unpaired) electrons. The lowest BCUT2D eigenvalue weighted by Crippen LogP contribution is -2.59. The molecule has 1 saturated heterocycles. The van der Waals surface area contributed by atoms with Crippen LogP contribution in [0.3, 0.4) is 0 Å². The SMILES string of the molecule is CC(C(=O)O)C1CN(C(=O)N(CC(N)=O)CC(N)=O)C1. The van der Waals surface area contributed by atoms with Crippen molar-refractivity contribution in [1.82, 2.24) is 9.80 Å². The summed E-state index contributed by atoms with van der Waals surface area (Å²) in [6, 6.07) is -0.545. The van der Waals surface area contributed by atoms with Crippen molar-refractivity contribution in [2.24, 2.45) is 23.3 Å². The molecule has 4 amide bonds. The molecule has 9 nitrogen and oxygen atoms in total. The Morgan fingerprint density at radius 3 is 2.00 bits per heavy atom. The Morgan fingerprint density at radius 1 is 1.20 bits per heavy atom. The topological polar surface area (TPSA) is 147 Å². The molecule has 112 valence electrons. The number of hydrogen-bond donors (Lipinski definition) is 3. The highest BCUT2D eigenvalue weighted by Gasteiger charge is 2.39. The predicted octanol–water partition coefficient (Wildman–Crippen LogP) is -1.97. The average molecular weight is 286 g/mol. The number of hydrogen-bond acceptors (Lipinski definition) is 4. The highest BCUT2D eigenvalue weighted by Crippen LogP contribution is 2.25. The Morgan fingerprint density at radius 2 is 1.65 bits per heavy atom. The van der Waals surface area contributed by atoms with Crippen molar-refractivity contribution in [2.75, 3.05) is 26.2 Å². The molecular formula is C11H18N4O5. The van der Waals surface area contributed by atoms with Gasteiger partial charge in [-0.2, -0.15) is 0 Å². The normalized spacial score (nSPS) is 16.1. The summed E-state index contributed by atoms with van der Waals surface area (Å²) in [7, 11) is 0. The van der Waals surface area contributed by atoms with E-state index < -0.39 is 42.8 Å². The summed E-state index contributed by atoms with van der Waals surface area (Å²) in [5, 5.41) is 8.85. The molecule has 0 aromatic carbocycles. The van der Waals surface area contributed by atoms with Crippen LogP contribution in [0.1, 0.15) is 6.92 Å². The Hall–Kier alpha value is -2.32. The van der Waals surface area contributed by atoms with Gasteiger partial charge in [-0.1, -0.05) is 6.92 Å². The van der Waals surface area contributed by atoms with Gasteiger partial charge in [0.1, 0.15) is 13.1 Å². The van der Waals surface area contributed by atoms with Crippen LogP contribution in [-0.2, 0) is 14.4 Å². The molecule has 0 aromatic rings. The molecule has 5 N–H and O–H groups in total. The van der Waals surface area contributed by atoms with Crippen LogP contribution in [0.5, 0.6) is 0 Å². The molecule has 20 heavy (non-hydrogen) atoms. The molecule has 1 fully saturated rings. The summed E-state index contributed by atoms with van der Waals surface area (Å²) in [4.78, 5) is 46.9. The van der Waals surface area contributed by atoms with Gasteiger partial charge in [0.05, 0.1) is 5.92 Å². The van der Waals surface area contributed by atoms with Crippen LogP contribution in [0.2, 0.25) is 0 Å². The van der Waals surface area contributed by atoms with Crippen LogP contribution in [0.15, 0.2) is 0 Å². The summed E-state index contributed by atoms with van der Waals surface area (Å²) >= 11 is 0. The monoisotopic (exact) mass is 286 g/mol. The molecule has 9 heteroatoms. The van der Waals surface area contributed by atoms with Crippen LogP contribution < -0.4 is 11.5 Å². The molecular weight excluding hydrogens is 268 g/mol. The van der Waals surface area contributed by atoms with E-state index in [1.807, 2.05) is 0 Å². The minimum Gasteiger partial charge on any atom is -0.481 e. The maximum absolute atomic E-state index is 12.0. The Bertz CT molecular complexity index is 417. The summed E-state index contributed by atoms with van der Waals surface area (Å²) in [5.74, 6) is -3.13. The van der Waals surface area contributed by atoms with Crippen LogP contribution >= 0.6 is 0 Å². The minimum absolute atomic E-state index is 0.138. The first-order chi connectivity index (χ1) is 9.22. The van der Waals surface area contributed by atoms with Gasteiger partial charge >= 0.3 is 12.0 Å². The van der Waals surface area contributed by atoms with E-state index in [0.29, 0.717) is 0 Å². The number of rotatable bonds is 6. The van der Waals surface area contributed by atoms with E-state index in [2.05, 4.69) is 0 Å². The molecule has 0 saturated carbocycles. The van der Waals surface area contributed by atoms with E-state index in [9.17, 15) is 19.2 Å². The smallest absolute Gasteiger partial charge is 0.320 e. The maximum atomic E-state index is 12.0. The van der Waals surface area contributed by atoms with E-state index in [0.717, 1.165) is 4.90 Å². The van der Waals surface area contributed by atoms with Crippen LogP contribution in [0.25, 0.3) is 0 Å². The average Bonchev–Trinajstić information content (AvgIpc) is 2.24. The predicted molar refractivity (Wildman–Crippen MR) is 67.2 cm³/mol. The molecule has 1 atom stereocenters. The number of carbonyl (C=O) groups excluding carboxylic acids is 3. The first-order valence-corrected chi connectivity index (χ1v) is 6.05. The third-order valence-corrected chi connectivity index (χ3v) is 3.24. The second kappa shape index (κ2) is 6.22. The zero-order valence-corrected chi connectivity index (χ0v) is 11.1. The van der Waals surface area contributed by atoms with Crippen LogP contribution in [-0.4, -0.2) is 64.9 Å². The number of aliphatic carboxylic acids is 1. The number of nitrogens with zero attached hydrogens (tertiary/aromatic N) is 2. The third kappa shape index (κ3) is 3.84. The number of primary amides is 2. The summed E-state index contributed by atoms with van der Waals surface area (Å²) in [6.45, 7) is 1.29. The molecule has 0 aromatic heterocycles.